The van der Waals surface area contributed by atoms with Crippen molar-refractivity contribution in [1.29, 1.82) is 0 Å². The Bertz CT molecular complexity index is 897. The van der Waals surface area contributed by atoms with E-state index in [0.29, 0.717) is 29.2 Å². The third-order valence-electron chi connectivity index (χ3n) is 4.22. The predicted octanol–water partition coefficient (Wildman–Crippen LogP) is 4.65. The number of carbonyl (C=O) groups excluding carboxylic acids is 1. The lowest BCUT2D eigenvalue weighted by Gasteiger charge is -2.16. The van der Waals surface area contributed by atoms with Crippen LogP contribution in [0.15, 0.2) is 40.1 Å². The van der Waals surface area contributed by atoms with E-state index in [4.69, 9.17) is 4.42 Å². The normalized spacial score (nSPS) is 13.8. The van der Waals surface area contributed by atoms with E-state index in [0.717, 1.165) is 29.9 Å². The number of nitrogens with zero attached hydrogens (tertiary/aromatic N) is 3. The molecule has 4 rings (SSSR count). The minimum absolute atomic E-state index is 0.135. The maximum Gasteiger partial charge on any atom is 0.282 e. The fourth-order valence-electron chi connectivity index (χ4n) is 2.77. The molecule has 1 aromatic carbocycles. The van der Waals surface area contributed by atoms with Crippen LogP contribution in [0, 0.1) is 6.92 Å². The van der Waals surface area contributed by atoms with E-state index in [1.807, 2.05) is 49.6 Å². The van der Waals surface area contributed by atoms with E-state index in [9.17, 15) is 4.79 Å². The van der Waals surface area contributed by atoms with Crippen LogP contribution in [0.2, 0.25) is 0 Å². The van der Waals surface area contributed by atoms with Crippen LogP contribution in [0.25, 0.3) is 11.5 Å². The summed E-state index contributed by atoms with van der Waals surface area (Å²) in [5, 5.41) is 2.65. The smallest absolute Gasteiger partial charge is 0.282 e. The Kier molecular flexibility index (Phi) is 4.13. The first-order chi connectivity index (χ1) is 12.2. The molecule has 6 heteroatoms. The number of amides is 1. The van der Waals surface area contributed by atoms with Crippen LogP contribution in [0.4, 0.5) is 5.13 Å². The van der Waals surface area contributed by atoms with E-state index >= 15 is 0 Å². The van der Waals surface area contributed by atoms with E-state index in [-0.39, 0.29) is 5.91 Å². The predicted molar refractivity (Wildman–Crippen MR) is 98.1 cm³/mol. The van der Waals surface area contributed by atoms with E-state index in [2.05, 4.69) is 9.97 Å². The molecule has 1 aliphatic carbocycles. The summed E-state index contributed by atoms with van der Waals surface area (Å²) < 4.78 is 6.01. The van der Waals surface area contributed by atoms with Crippen LogP contribution >= 0.6 is 11.3 Å². The van der Waals surface area contributed by atoms with Crippen LogP contribution in [0.1, 0.15) is 47.6 Å². The quantitative estimate of drug-likeness (QED) is 0.670. The van der Waals surface area contributed by atoms with Gasteiger partial charge in [-0.3, -0.25) is 9.69 Å². The van der Waals surface area contributed by atoms with Crippen molar-refractivity contribution in [2.24, 2.45) is 0 Å². The molecule has 0 radical (unpaired) electrons. The lowest BCUT2D eigenvalue weighted by atomic mass is 10.2. The Labute approximate surface area is 150 Å². The highest BCUT2D eigenvalue weighted by Crippen LogP contribution is 2.43. The molecule has 2 aromatic heterocycles. The molecule has 0 spiro atoms. The largest absolute Gasteiger partial charge is 0.440 e. The highest BCUT2D eigenvalue weighted by atomic mass is 32.1. The molecule has 3 aromatic rings. The Hall–Kier alpha value is -2.47. The summed E-state index contributed by atoms with van der Waals surface area (Å²) in [4.78, 5) is 23.8. The van der Waals surface area contributed by atoms with E-state index in [1.165, 1.54) is 11.3 Å². The number of thiazole rings is 1. The van der Waals surface area contributed by atoms with Gasteiger partial charge in [-0.05, 0) is 38.8 Å². The van der Waals surface area contributed by atoms with Gasteiger partial charge in [0, 0.05) is 23.4 Å². The molecule has 128 valence electrons. The molecule has 1 saturated carbocycles. The average molecular weight is 353 g/mol. The highest BCUT2D eigenvalue weighted by molar-refractivity contribution is 7.14. The van der Waals surface area contributed by atoms with Gasteiger partial charge in [0.25, 0.3) is 5.91 Å². The zero-order valence-corrected chi connectivity index (χ0v) is 15.0. The summed E-state index contributed by atoms with van der Waals surface area (Å²) in [6, 6.07) is 9.71. The Morgan fingerprint density at radius 3 is 2.64 bits per heavy atom. The summed E-state index contributed by atoms with van der Waals surface area (Å²) in [6.45, 7) is 4.42. The first kappa shape index (κ1) is 16.0. The Morgan fingerprint density at radius 2 is 2.04 bits per heavy atom. The molecule has 0 atom stereocenters. The van der Waals surface area contributed by atoms with Crippen molar-refractivity contribution in [2.75, 3.05) is 11.4 Å². The SMILES string of the molecule is CCN(C(=O)c1nc(-c2ccccc2)oc1C1CC1)c1nc(C)cs1. The van der Waals surface area contributed by atoms with Crippen molar-refractivity contribution in [3.63, 3.8) is 0 Å². The number of carbonyl (C=O) groups is 1. The van der Waals surface area contributed by atoms with Gasteiger partial charge < -0.3 is 4.42 Å². The molecule has 0 bridgehead atoms. The first-order valence-corrected chi connectivity index (χ1v) is 9.35. The van der Waals surface area contributed by atoms with Crippen molar-refractivity contribution < 1.29 is 9.21 Å². The lowest BCUT2D eigenvalue weighted by molar-refractivity contribution is 0.0982. The van der Waals surface area contributed by atoms with Crippen LogP contribution < -0.4 is 4.90 Å². The van der Waals surface area contributed by atoms with Gasteiger partial charge in [0.05, 0.1) is 5.69 Å². The molecule has 1 amide bonds. The Morgan fingerprint density at radius 1 is 1.28 bits per heavy atom. The van der Waals surface area contributed by atoms with Crippen molar-refractivity contribution in [3.05, 3.63) is 52.9 Å². The topological polar surface area (TPSA) is 59.2 Å². The maximum atomic E-state index is 13.2. The van der Waals surface area contributed by atoms with Gasteiger partial charge in [0.1, 0.15) is 5.76 Å². The molecule has 2 heterocycles. The molecule has 0 aliphatic heterocycles. The number of aryl methyl sites for hydroxylation is 1. The van der Waals surface area contributed by atoms with Gasteiger partial charge in [0.15, 0.2) is 10.8 Å². The van der Waals surface area contributed by atoms with Crippen molar-refractivity contribution in [1.82, 2.24) is 9.97 Å². The van der Waals surface area contributed by atoms with E-state index in [1.54, 1.807) is 4.90 Å². The fraction of sp³-hybridized carbons (Fsp3) is 0.316. The maximum absolute atomic E-state index is 13.2. The average Bonchev–Trinajstić information content (AvgIpc) is 3.24. The van der Waals surface area contributed by atoms with Crippen LogP contribution in [-0.4, -0.2) is 22.4 Å². The second kappa shape index (κ2) is 6.44. The first-order valence-electron chi connectivity index (χ1n) is 8.47. The second-order valence-corrected chi connectivity index (χ2v) is 7.03. The number of anilines is 1. The number of rotatable bonds is 5. The van der Waals surface area contributed by atoms with E-state index < -0.39 is 0 Å². The molecule has 1 fully saturated rings. The van der Waals surface area contributed by atoms with Gasteiger partial charge >= 0.3 is 0 Å². The van der Waals surface area contributed by atoms with Crippen LogP contribution in [0.5, 0.6) is 0 Å². The second-order valence-electron chi connectivity index (χ2n) is 6.19. The number of aromatic nitrogens is 2. The molecular formula is C19H19N3O2S. The fourth-order valence-corrected chi connectivity index (χ4v) is 3.64. The van der Waals surface area contributed by atoms with Gasteiger partial charge in [-0.15, -0.1) is 11.3 Å². The number of benzene rings is 1. The van der Waals surface area contributed by atoms with Gasteiger partial charge in [0.2, 0.25) is 5.89 Å². The number of oxazole rings is 1. The minimum Gasteiger partial charge on any atom is -0.440 e. The number of hydrogen-bond acceptors (Lipinski definition) is 5. The molecule has 0 N–H and O–H groups in total. The third kappa shape index (κ3) is 3.09. The lowest BCUT2D eigenvalue weighted by Crippen LogP contribution is -2.31. The van der Waals surface area contributed by atoms with Gasteiger partial charge in [-0.1, -0.05) is 18.2 Å². The summed E-state index contributed by atoms with van der Waals surface area (Å²) in [5.41, 5.74) is 2.23. The van der Waals surface area contributed by atoms with Gasteiger partial charge in [-0.25, -0.2) is 9.97 Å². The van der Waals surface area contributed by atoms with Crippen LogP contribution in [-0.2, 0) is 0 Å². The molecule has 0 unspecified atom stereocenters. The molecular weight excluding hydrogens is 334 g/mol. The minimum atomic E-state index is -0.135. The molecule has 0 saturated heterocycles. The molecule has 5 nitrogen and oxygen atoms in total. The van der Waals surface area contributed by atoms with Crippen molar-refractivity contribution in [3.8, 4) is 11.5 Å². The van der Waals surface area contributed by atoms with Gasteiger partial charge in [-0.2, -0.15) is 0 Å². The molecule has 25 heavy (non-hydrogen) atoms. The van der Waals surface area contributed by atoms with Crippen molar-refractivity contribution >= 4 is 22.4 Å². The van der Waals surface area contributed by atoms with Crippen molar-refractivity contribution in [2.45, 2.75) is 32.6 Å². The summed E-state index contributed by atoms with van der Waals surface area (Å²) in [5.74, 6) is 1.40. The number of hydrogen-bond donors (Lipinski definition) is 0. The Balaban J connectivity index is 1.73. The summed E-state index contributed by atoms with van der Waals surface area (Å²) >= 11 is 1.47. The third-order valence-corrected chi connectivity index (χ3v) is 5.21. The standard InChI is InChI=1S/C19H19N3O2S/c1-3-22(19-20-12(2)11-25-19)18(23)15-16(13-9-10-13)24-17(21-15)14-7-5-4-6-8-14/h4-8,11,13H,3,9-10H2,1-2H3. The monoisotopic (exact) mass is 353 g/mol. The summed E-state index contributed by atoms with van der Waals surface area (Å²) in [7, 11) is 0. The molecule has 1 aliphatic rings. The summed E-state index contributed by atoms with van der Waals surface area (Å²) in [6.07, 6.45) is 2.10. The van der Waals surface area contributed by atoms with Crippen LogP contribution in [0.3, 0.4) is 0 Å². The zero-order chi connectivity index (χ0) is 17.4. The highest BCUT2D eigenvalue weighted by Gasteiger charge is 2.36. The zero-order valence-electron chi connectivity index (χ0n) is 14.2.